The van der Waals surface area contributed by atoms with E-state index in [4.69, 9.17) is 13.0 Å². The number of rotatable bonds is 1. The van der Waals surface area contributed by atoms with Crippen molar-refractivity contribution in [3.05, 3.63) is 0 Å². The molecule has 0 bridgehead atoms. The summed E-state index contributed by atoms with van der Waals surface area (Å²) in [6.07, 6.45) is 0.604. The maximum Gasteiger partial charge on any atom is 0.0916 e. The summed E-state index contributed by atoms with van der Waals surface area (Å²) >= 11 is 0. The van der Waals surface area contributed by atoms with Gasteiger partial charge in [0.15, 0.2) is 0 Å². The summed E-state index contributed by atoms with van der Waals surface area (Å²) in [6.45, 7) is 3.38. The first kappa shape index (κ1) is 12.5. The number of nitrogens with one attached hydrogen (secondary N) is 1. The van der Waals surface area contributed by atoms with Crippen LogP contribution in [0, 0.1) is 0 Å². The summed E-state index contributed by atoms with van der Waals surface area (Å²) in [4.78, 5) is 1.50. The predicted molar refractivity (Wildman–Crippen MR) is 39.0 cm³/mol. The van der Waals surface area contributed by atoms with Crippen LogP contribution < -0.4 is 4.90 Å². The first-order valence-electron chi connectivity index (χ1n) is 2.97. The molecule has 0 saturated heterocycles. The van der Waals surface area contributed by atoms with Gasteiger partial charge in [0.1, 0.15) is 0 Å². The van der Waals surface area contributed by atoms with Crippen molar-refractivity contribution in [2.24, 2.45) is 0 Å². The minimum Gasteiger partial charge on any atom is -0.748 e. The van der Waals surface area contributed by atoms with E-state index in [0.29, 0.717) is 6.26 Å². The Balaban J connectivity index is 0. The van der Waals surface area contributed by atoms with Crippen LogP contribution in [0.5, 0.6) is 0 Å². The molecule has 0 radical (unpaired) electrons. The van der Waals surface area contributed by atoms with Gasteiger partial charge in [-0.2, -0.15) is 0 Å². The van der Waals surface area contributed by atoms with E-state index in [1.54, 1.807) is 0 Å². The Hall–Kier alpha value is -0.130. The molecule has 64 valence electrons. The SMILES string of the molecule is CC[NH+](C)C.CS(=O)(=O)[O-]. The second kappa shape index (κ2) is 5.64. The Morgan fingerprint density at radius 3 is 1.50 bits per heavy atom. The quantitative estimate of drug-likeness (QED) is 0.477. The van der Waals surface area contributed by atoms with Crippen molar-refractivity contribution >= 4 is 10.1 Å². The lowest BCUT2D eigenvalue weighted by molar-refractivity contribution is -0.856. The fourth-order valence-electron chi connectivity index (χ4n) is 0. The van der Waals surface area contributed by atoms with Gasteiger partial charge in [-0.1, -0.05) is 0 Å². The van der Waals surface area contributed by atoms with Crippen LogP contribution >= 0.6 is 0 Å². The third kappa shape index (κ3) is 106. The predicted octanol–water partition coefficient (Wildman–Crippen LogP) is -1.69. The zero-order chi connectivity index (χ0) is 8.78. The fraction of sp³-hybridized carbons (Fsp3) is 1.00. The van der Waals surface area contributed by atoms with Crippen LogP contribution in [0.1, 0.15) is 6.92 Å². The largest absolute Gasteiger partial charge is 0.748 e. The highest BCUT2D eigenvalue weighted by molar-refractivity contribution is 7.84. The molecule has 0 amide bonds. The lowest BCUT2D eigenvalue weighted by atomic mass is 10.7. The number of hydrogen-bond acceptors (Lipinski definition) is 3. The Kier molecular flexibility index (Phi) is 7.07. The molecule has 10 heavy (non-hydrogen) atoms. The first-order valence-corrected chi connectivity index (χ1v) is 4.79. The molecular weight excluding hydrogens is 154 g/mol. The Labute approximate surface area is 62.6 Å². The average molecular weight is 169 g/mol. The van der Waals surface area contributed by atoms with Crippen molar-refractivity contribution in [1.82, 2.24) is 0 Å². The standard InChI is InChI=1S/C4H11N.CH4O3S/c1-4-5(2)3;1-5(2,3)4/h4H2,1-3H3;1H3,(H,2,3,4). The number of hydrogen-bond donors (Lipinski definition) is 1. The van der Waals surface area contributed by atoms with Crippen molar-refractivity contribution in [2.45, 2.75) is 6.92 Å². The maximum absolute atomic E-state index is 9.08. The van der Waals surface area contributed by atoms with Gasteiger partial charge in [0, 0.05) is 6.26 Å². The average Bonchev–Trinajstić information content (AvgIpc) is 1.61. The topological polar surface area (TPSA) is 61.6 Å². The maximum atomic E-state index is 9.08. The minimum absolute atomic E-state index is 0.604. The van der Waals surface area contributed by atoms with Gasteiger partial charge in [0.25, 0.3) is 0 Å². The van der Waals surface area contributed by atoms with Crippen molar-refractivity contribution in [3.8, 4) is 0 Å². The molecule has 0 fully saturated rings. The summed E-state index contributed by atoms with van der Waals surface area (Å²) in [5.74, 6) is 0. The molecule has 0 atom stereocenters. The van der Waals surface area contributed by atoms with Crippen LogP contribution in [-0.4, -0.2) is 39.9 Å². The van der Waals surface area contributed by atoms with Gasteiger partial charge in [-0.15, -0.1) is 0 Å². The van der Waals surface area contributed by atoms with Crippen molar-refractivity contribution in [1.29, 1.82) is 0 Å². The van der Waals surface area contributed by atoms with E-state index in [9.17, 15) is 0 Å². The van der Waals surface area contributed by atoms with Crippen molar-refractivity contribution in [2.75, 3.05) is 26.9 Å². The minimum atomic E-state index is -3.92. The third-order valence-electron chi connectivity index (χ3n) is 0.707. The Morgan fingerprint density at radius 1 is 1.40 bits per heavy atom. The van der Waals surface area contributed by atoms with E-state index in [1.165, 1.54) is 11.4 Å². The molecule has 0 spiro atoms. The number of quaternary nitrogens is 1. The zero-order valence-electron chi connectivity index (χ0n) is 6.84. The van der Waals surface area contributed by atoms with E-state index >= 15 is 0 Å². The molecule has 0 aliphatic heterocycles. The molecule has 5 heteroatoms. The zero-order valence-corrected chi connectivity index (χ0v) is 7.66. The molecule has 0 saturated carbocycles. The normalized spacial score (nSPS) is 10.6. The van der Waals surface area contributed by atoms with Crippen LogP contribution in [0.4, 0.5) is 0 Å². The van der Waals surface area contributed by atoms with Gasteiger partial charge < -0.3 is 9.45 Å². The van der Waals surface area contributed by atoms with Crippen molar-refractivity contribution < 1.29 is 17.9 Å². The molecule has 0 aromatic carbocycles. The van der Waals surface area contributed by atoms with Crippen LogP contribution in [0.25, 0.3) is 0 Å². The summed E-state index contributed by atoms with van der Waals surface area (Å²) in [5.41, 5.74) is 0. The molecular formula is C5H15NO3S. The smallest absolute Gasteiger partial charge is 0.0916 e. The molecule has 1 N–H and O–H groups in total. The van der Waals surface area contributed by atoms with E-state index in [1.807, 2.05) is 0 Å². The molecule has 0 aliphatic carbocycles. The van der Waals surface area contributed by atoms with Gasteiger partial charge in [-0.3, -0.25) is 0 Å². The fourth-order valence-corrected chi connectivity index (χ4v) is 0. The summed E-state index contributed by atoms with van der Waals surface area (Å²) in [7, 11) is 0.361. The third-order valence-corrected chi connectivity index (χ3v) is 0.707. The monoisotopic (exact) mass is 169 g/mol. The highest BCUT2D eigenvalue weighted by atomic mass is 32.2. The van der Waals surface area contributed by atoms with Gasteiger partial charge in [-0.25, -0.2) is 8.42 Å². The second-order valence-electron chi connectivity index (χ2n) is 2.26. The first-order chi connectivity index (χ1) is 4.27. The van der Waals surface area contributed by atoms with Crippen molar-refractivity contribution in [3.63, 3.8) is 0 Å². The van der Waals surface area contributed by atoms with Gasteiger partial charge >= 0.3 is 0 Å². The van der Waals surface area contributed by atoms with E-state index in [0.717, 1.165) is 0 Å². The Morgan fingerprint density at radius 2 is 1.50 bits per heavy atom. The van der Waals surface area contributed by atoms with Gasteiger partial charge in [-0.05, 0) is 6.92 Å². The lowest BCUT2D eigenvalue weighted by Gasteiger charge is -1.97. The van der Waals surface area contributed by atoms with Gasteiger partial charge in [0.2, 0.25) is 0 Å². The molecule has 0 heterocycles. The van der Waals surface area contributed by atoms with Gasteiger partial charge in [0.05, 0.1) is 30.8 Å². The highest BCUT2D eigenvalue weighted by Gasteiger charge is 1.75. The van der Waals surface area contributed by atoms with E-state index in [-0.39, 0.29) is 0 Å². The molecule has 0 unspecified atom stereocenters. The molecule has 0 rings (SSSR count). The molecule has 0 aliphatic rings. The molecule has 4 nitrogen and oxygen atoms in total. The van der Waals surface area contributed by atoms with Crippen LogP contribution in [0.2, 0.25) is 0 Å². The summed E-state index contributed by atoms with van der Waals surface area (Å²) in [6, 6.07) is 0. The van der Waals surface area contributed by atoms with Crippen LogP contribution in [0.3, 0.4) is 0 Å². The molecule has 0 aromatic heterocycles. The summed E-state index contributed by atoms with van der Waals surface area (Å²) in [5, 5.41) is 0. The Bertz CT molecular complexity index is 142. The van der Waals surface area contributed by atoms with Crippen LogP contribution in [-0.2, 0) is 10.1 Å². The highest BCUT2D eigenvalue weighted by Crippen LogP contribution is 1.59. The van der Waals surface area contributed by atoms with E-state index in [2.05, 4.69) is 21.0 Å². The summed E-state index contributed by atoms with van der Waals surface area (Å²) < 4.78 is 27.2. The van der Waals surface area contributed by atoms with E-state index < -0.39 is 10.1 Å². The molecule has 0 aromatic rings. The lowest BCUT2D eigenvalue weighted by Crippen LogP contribution is -3.05. The second-order valence-corrected chi connectivity index (χ2v) is 3.67. The van der Waals surface area contributed by atoms with Crippen LogP contribution in [0.15, 0.2) is 0 Å².